The van der Waals surface area contributed by atoms with Crippen LogP contribution in [0.15, 0.2) is 18.2 Å². The van der Waals surface area contributed by atoms with E-state index in [0.717, 1.165) is 11.7 Å². The molecule has 0 aliphatic heterocycles. The fraction of sp³-hybridized carbons (Fsp3) is 0.667. The Labute approximate surface area is 127 Å². The van der Waals surface area contributed by atoms with Gasteiger partial charge in [0.15, 0.2) is 0 Å². The molecule has 3 aliphatic rings. The zero-order valence-electron chi connectivity index (χ0n) is 13.1. The van der Waals surface area contributed by atoms with Crippen LogP contribution < -0.4 is 10.1 Å². The first-order valence-electron chi connectivity index (χ1n) is 8.35. The predicted octanol–water partition coefficient (Wildman–Crippen LogP) is 3.53. The third-order valence-electron chi connectivity index (χ3n) is 4.85. The molecule has 4 rings (SSSR count). The lowest BCUT2D eigenvalue weighted by Crippen LogP contribution is -2.35. The Morgan fingerprint density at radius 3 is 2.62 bits per heavy atom. The Balaban J connectivity index is 1.63. The number of aliphatic hydroxyl groups excluding tert-OH is 1. The molecule has 1 atom stereocenters. The van der Waals surface area contributed by atoms with E-state index >= 15 is 0 Å². The Morgan fingerprint density at radius 2 is 1.90 bits per heavy atom. The van der Waals surface area contributed by atoms with Crippen LogP contribution in [0.2, 0.25) is 0 Å². The van der Waals surface area contributed by atoms with Crippen molar-refractivity contribution in [1.82, 2.24) is 5.32 Å². The van der Waals surface area contributed by atoms with Crippen molar-refractivity contribution in [1.29, 1.82) is 0 Å². The first-order chi connectivity index (χ1) is 10.1. The van der Waals surface area contributed by atoms with Crippen molar-refractivity contribution >= 4 is 0 Å². The molecule has 3 nitrogen and oxygen atoms in total. The maximum atomic E-state index is 9.85. The maximum absolute atomic E-state index is 9.85. The first kappa shape index (κ1) is 14.9. The minimum Gasteiger partial charge on any atom is -0.493 e. The summed E-state index contributed by atoms with van der Waals surface area (Å²) in [4.78, 5) is 0. The fourth-order valence-electron chi connectivity index (χ4n) is 3.92. The number of nitrogens with one attached hydrogen (secondary N) is 1. The zero-order valence-corrected chi connectivity index (χ0v) is 13.1. The highest BCUT2D eigenvalue weighted by Gasteiger charge is 2.34. The van der Waals surface area contributed by atoms with Crippen molar-refractivity contribution in [2.45, 2.75) is 70.1 Å². The number of hydrogen-bond acceptors (Lipinski definition) is 3. The van der Waals surface area contributed by atoms with Crippen molar-refractivity contribution in [2.75, 3.05) is 6.61 Å². The Bertz CT molecular complexity index is 478. The monoisotopic (exact) mass is 289 g/mol. The highest BCUT2D eigenvalue weighted by Crippen LogP contribution is 2.52. The van der Waals surface area contributed by atoms with Crippen LogP contribution in [-0.4, -0.2) is 24.0 Å². The SMILES string of the molecule is CC(C)NC(O)CCOc1cccc2c1C1CCC2CC1. The summed E-state index contributed by atoms with van der Waals surface area (Å²) in [5.41, 5.74) is 2.99. The van der Waals surface area contributed by atoms with E-state index in [-0.39, 0.29) is 0 Å². The molecular formula is C18H27NO2. The van der Waals surface area contributed by atoms with Crippen LogP contribution in [0.1, 0.15) is 68.9 Å². The van der Waals surface area contributed by atoms with Gasteiger partial charge in [-0.15, -0.1) is 0 Å². The normalized spacial score (nSPS) is 25.0. The molecule has 21 heavy (non-hydrogen) atoms. The second-order valence-electron chi connectivity index (χ2n) is 6.78. The van der Waals surface area contributed by atoms with Crippen LogP contribution in [-0.2, 0) is 0 Å². The highest BCUT2D eigenvalue weighted by molar-refractivity contribution is 5.47. The quantitative estimate of drug-likeness (QED) is 0.787. The molecule has 1 unspecified atom stereocenters. The molecule has 0 saturated heterocycles. The molecule has 0 aromatic heterocycles. The van der Waals surface area contributed by atoms with E-state index in [4.69, 9.17) is 4.74 Å². The Hall–Kier alpha value is -1.06. The second-order valence-corrected chi connectivity index (χ2v) is 6.78. The lowest BCUT2D eigenvalue weighted by molar-refractivity contribution is 0.0990. The number of rotatable bonds is 6. The molecule has 1 aromatic rings. The van der Waals surface area contributed by atoms with Crippen molar-refractivity contribution in [2.24, 2.45) is 0 Å². The van der Waals surface area contributed by atoms with Gasteiger partial charge >= 0.3 is 0 Å². The molecule has 2 N–H and O–H groups in total. The van der Waals surface area contributed by atoms with Gasteiger partial charge in [0.2, 0.25) is 0 Å². The standard InChI is InChI=1S/C18H27NO2/c1-12(2)19-17(20)10-11-21-16-5-3-4-15-13-6-8-14(9-7-13)18(15)16/h3-5,12-14,17,19-20H,6-11H2,1-2H3. The molecule has 1 aromatic carbocycles. The van der Waals surface area contributed by atoms with Gasteiger partial charge in [0.1, 0.15) is 12.0 Å². The molecule has 0 amide bonds. The van der Waals surface area contributed by atoms with E-state index in [1.165, 1.54) is 36.8 Å². The van der Waals surface area contributed by atoms with Gasteiger partial charge < -0.3 is 9.84 Å². The van der Waals surface area contributed by atoms with Crippen molar-refractivity contribution in [3.8, 4) is 5.75 Å². The van der Waals surface area contributed by atoms with Crippen LogP contribution in [0.25, 0.3) is 0 Å². The van der Waals surface area contributed by atoms with E-state index < -0.39 is 6.23 Å². The molecule has 1 saturated carbocycles. The minimum atomic E-state index is -0.485. The van der Waals surface area contributed by atoms with E-state index in [0.29, 0.717) is 25.0 Å². The number of aliphatic hydroxyl groups is 1. The largest absolute Gasteiger partial charge is 0.493 e. The smallest absolute Gasteiger partial charge is 0.123 e. The van der Waals surface area contributed by atoms with Crippen LogP contribution in [0.5, 0.6) is 5.75 Å². The molecule has 0 radical (unpaired) electrons. The van der Waals surface area contributed by atoms with Gasteiger partial charge in [-0.2, -0.15) is 0 Å². The summed E-state index contributed by atoms with van der Waals surface area (Å²) in [5, 5.41) is 12.9. The average molecular weight is 289 g/mol. The van der Waals surface area contributed by atoms with Crippen molar-refractivity contribution in [3.05, 3.63) is 29.3 Å². The van der Waals surface area contributed by atoms with E-state index in [9.17, 15) is 5.11 Å². The number of ether oxygens (including phenoxy) is 1. The lowest BCUT2D eigenvalue weighted by atomic mass is 9.67. The van der Waals surface area contributed by atoms with Gasteiger partial charge in [-0.05, 0) is 63.0 Å². The summed E-state index contributed by atoms with van der Waals surface area (Å²) >= 11 is 0. The second kappa shape index (κ2) is 6.37. The lowest BCUT2D eigenvalue weighted by Gasteiger charge is -2.39. The van der Waals surface area contributed by atoms with Gasteiger partial charge in [0.25, 0.3) is 0 Å². The molecule has 2 bridgehead atoms. The van der Waals surface area contributed by atoms with Gasteiger partial charge in [0.05, 0.1) is 6.61 Å². The minimum absolute atomic E-state index is 0.292. The van der Waals surface area contributed by atoms with Gasteiger partial charge in [0, 0.05) is 18.0 Å². The number of hydrogen-bond donors (Lipinski definition) is 2. The van der Waals surface area contributed by atoms with Crippen LogP contribution in [0.4, 0.5) is 0 Å². The summed E-state index contributed by atoms with van der Waals surface area (Å²) < 4.78 is 6.01. The zero-order chi connectivity index (χ0) is 14.8. The van der Waals surface area contributed by atoms with Gasteiger partial charge in [-0.25, -0.2) is 0 Å². The molecule has 1 fully saturated rings. The van der Waals surface area contributed by atoms with Gasteiger partial charge in [-0.1, -0.05) is 12.1 Å². The van der Waals surface area contributed by atoms with Crippen LogP contribution in [0.3, 0.4) is 0 Å². The summed E-state index contributed by atoms with van der Waals surface area (Å²) in [6.07, 6.45) is 5.46. The highest BCUT2D eigenvalue weighted by atomic mass is 16.5. The topological polar surface area (TPSA) is 41.5 Å². The molecular weight excluding hydrogens is 262 g/mol. The molecule has 0 spiro atoms. The molecule has 3 heteroatoms. The van der Waals surface area contributed by atoms with Crippen LogP contribution >= 0.6 is 0 Å². The maximum Gasteiger partial charge on any atom is 0.123 e. The van der Waals surface area contributed by atoms with E-state index in [1.807, 2.05) is 13.8 Å². The summed E-state index contributed by atoms with van der Waals surface area (Å²) in [6, 6.07) is 6.80. The molecule has 3 aliphatic carbocycles. The Kier molecular flexibility index (Phi) is 4.51. The average Bonchev–Trinajstić information content (AvgIpc) is 2.48. The summed E-state index contributed by atoms with van der Waals surface area (Å²) in [7, 11) is 0. The van der Waals surface area contributed by atoms with Crippen molar-refractivity contribution < 1.29 is 9.84 Å². The van der Waals surface area contributed by atoms with Crippen LogP contribution in [0, 0.1) is 0 Å². The summed E-state index contributed by atoms with van der Waals surface area (Å²) in [6.45, 7) is 4.64. The third-order valence-corrected chi connectivity index (χ3v) is 4.85. The van der Waals surface area contributed by atoms with E-state index in [1.54, 1.807) is 0 Å². The predicted molar refractivity (Wildman–Crippen MR) is 84.8 cm³/mol. The number of fused-ring (bicyclic) bond motifs is 2. The molecule has 116 valence electrons. The summed E-state index contributed by atoms with van der Waals surface area (Å²) in [5.74, 6) is 2.50. The Morgan fingerprint density at radius 1 is 1.19 bits per heavy atom. The molecule has 0 heterocycles. The third kappa shape index (κ3) is 3.24. The van der Waals surface area contributed by atoms with Gasteiger partial charge in [-0.3, -0.25) is 5.32 Å². The van der Waals surface area contributed by atoms with E-state index in [2.05, 4.69) is 23.5 Å². The number of benzene rings is 1. The fourth-order valence-corrected chi connectivity index (χ4v) is 3.92. The van der Waals surface area contributed by atoms with Crippen molar-refractivity contribution in [3.63, 3.8) is 0 Å². The first-order valence-corrected chi connectivity index (χ1v) is 8.35.